The molecule has 5 heteroatoms. The number of rotatable bonds is 1. The SMILES string of the molecule is COC(=O)c1cc(I)ns1. The zero-order valence-electron chi connectivity index (χ0n) is 5.13. The molecular weight excluding hydrogens is 265 g/mol. The topological polar surface area (TPSA) is 39.2 Å². The largest absolute Gasteiger partial charge is 0.465 e. The van der Waals surface area contributed by atoms with Crippen LogP contribution >= 0.6 is 34.1 Å². The zero-order chi connectivity index (χ0) is 7.56. The summed E-state index contributed by atoms with van der Waals surface area (Å²) in [5.74, 6) is -0.319. The predicted molar refractivity (Wildman–Crippen MR) is 46.2 cm³/mol. The second-order valence-electron chi connectivity index (χ2n) is 1.51. The fraction of sp³-hybridized carbons (Fsp3) is 0.200. The van der Waals surface area contributed by atoms with Crippen molar-refractivity contribution in [1.29, 1.82) is 0 Å². The number of nitrogens with zero attached hydrogens (tertiary/aromatic N) is 1. The van der Waals surface area contributed by atoms with Crippen LogP contribution in [0.25, 0.3) is 0 Å². The van der Waals surface area contributed by atoms with Gasteiger partial charge in [0, 0.05) is 0 Å². The van der Waals surface area contributed by atoms with Crippen molar-refractivity contribution < 1.29 is 9.53 Å². The van der Waals surface area contributed by atoms with Gasteiger partial charge in [0.2, 0.25) is 0 Å². The number of hydrogen-bond acceptors (Lipinski definition) is 4. The normalized spacial score (nSPS) is 9.40. The Balaban J connectivity index is 2.85. The maximum Gasteiger partial charge on any atom is 0.349 e. The maximum atomic E-state index is 10.8. The van der Waals surface area contributed by atoms with Crippen molar-refractivity contribution in [1.82, 2.24) is 4.37 Å². The lowest BCUT2D eigenvalue weighted by atomic mass is 10.5. The van der Waals surface area contributed by atoms with Crippen LogP contribution in [0.15, 0.2) is 6.07 Å². The van der Waals surface area contributed by atoms with Gasteiger partial charge >= 0.3 is 5.97 Å². The molecular formula is C5H4INO2S. The zero-order valence-corrected chi connectivity index (χ0v) is 8.10. The summed E-state index contributed by atoms with van der Waals surface area (Å²) >= 11 is 3.19. The third-order valence-electron chi connectivity index (χ3n) is 0.868. The summed E-state index contributed by atoms with van der Waals surface area (Å²) in [5, 5.41) is 0. The summed E-state index contributed by atoms with van der Waals surface area (Å²) in [6, 6.07) is 1.69. The molecule has 0 aliphatic heterocycles. The van der Waals surface area contributed by atoms with E-state index in [0.717, 1.165) is 15.2 Å². The Kier molecular flexibility index (Phi) is 2.61. The molecule has 1 rings (SSSR count). The first kappa shape index (κ1) is 7.93. The monoisotopic (exact) mass is 269 g/mol. The highest BCUT2D eigenvalue weighted by Crippen LogP contribution is 2.12. The first-order valence-electron chi connectivity index (χ1n) is 2.44. The van der Waals surface area contributed by atoms with Gasteiger partial charge < -0.3 is 4.74 Å². The molecule has 0 saturated heterocycles. The lowest BCUT2D eigenvalue weighted by Crippen LogP contribution is -1.96. The number of carbonyl (C=O) groups excluding carboxylic acids is 1. The van der Waals surface area contributed by atoms with E-state index in [9.17, 15) is 4.79 Å². The molecule has 1 aromatic heterocycles. The van der Waals surface area contributed by atoms with E-state index < -0.39 is 0 Å². The molecule has 0 atom stereocenters. The Labute approximate surface area is 75.7 Å². The van der Waals surface area contributed by atoms with E-state index in [1.54, 1.807) is 6.07 Å². The summed E-state index contributed by atoms with van der Waals surface area (Å²) in [5.41, 5.74) is 0. The highest BCUT2D eigenvalue weighted by Gasteiger charge is 2.07. The van der Waals surface area contributed by atoms with Gasteiger partial charge in [-0.25, -0.2) is 4.79 Å². The first-order chi connectivity index (χ1) is 4.74. The molecule has 3 nitrogen and oxygen atoms in total. The van der Waals surface area contributed by atoms with Crippen molar-refractivity contribution >= 4 is 40.1 Å². The molecule has 0 amide bonds. The second-order valence-corrected chi connectivity index (χ2v) is 3.42. The van der Waals surface area contributed by atoms with E-state index in [2.05, 4.69) is 9.11 Å². The highest BCUT2D eigenvalue weighted by molar-refractivity contribution is 14.1. The quantitative estimate of drug-likeness (QED) is 0.573. The minimum Gasteiger partial charge on any atom is -0.465 e. The predicted octanol–water partition coefficient (Wildman–Crippen LogP) is 1.53. The minimum atomic E-state index is -0.319. The Morgan fingerprint density at radius 2 is 2.60 bits per heavy atom. The van der Waals surface area contributed by atoms with Crippen LogP contribution in [0.1, 0.15) is 9.67 Å². The number of ether oxygens (including phenoxy) is 1. The van der Waals surface area contributed by atoms with Gasteiger partial charge in [0.15, 0.2) is 0 Å². The van der Waals surface area contributed by atoms with Crippen molar-refractivity contribution in [2.24, 2.45) is 0 Å². The van der Waals surface area contributed by atoms with Gasteiger partial charge in [-0.05, 0) is 40.2 Å². The van der Waals surface area contributed by atoms with Crippen LogP contribution in [0.4, 0.5) is 0 Å². The van der Waals surface area contributed by atoms with Crippen LogP contribution in [0, 0.1) is 3.70 Å². The molecule has 0 spiro atoms. The highest BCUT2D eigenvalue weighted by atomic mass is 127. The molecule has 0 aromatic carbocycles. The van der Waals surface area contributed by atoms with E-state index in [1.807, 2.05) is 22.6 Å². The number of esters is 1. The number of aromatic nitrogens is 1. The number of halogens is 1. The second kappa shape index (κ2) is 3.29. The van der Waals surface area contributed by atoms with Gasteiger partial charge in [-0.2, -0.15) is 4.37 Å². The van der Waals surface area contributed by atoms with Gasteiger partial charge in [-0.3, -0.25) is 0 Å². The van der Waals surface area contributed by atoms with Gasteiger partial charge in [0.25, 0.3) is 0 Å². The van der Waals surface area contributed by atoms with Crippen LogP contribution in [0.5, 0.6) is 0 Å². The van der Waals surface area contributed by atoms with Crippen LogP contribution in [-0.2, 0) is 4.74 Å². The van der Waals surface area contributed by atoms with Crippen molar-refractivity contribution in [3.05, 3.63) is 14.6 Å². The number of carbonyl (C=O) groups is 1. The first-order valence-corrected chi connectivity index (χ1v) is 4.30. The van der Waals surface area contributed by atoms with E-state index in [1.165, 1.54) is 7.11 Å². The van der Waals surface area contributed by atoms with Gasteiger partial charge in [-0.1, -0.05) is 0 Å². The summed E-state index contributed by atoms with van der Waals surface area (Å²) < 4.78 is 9.21. The third kappa shape index (κ3) is 1.66. The molecule has 0 aliphatic rings. The average molecular weight is 269 g/mol. The molecule has 0 radical (unpaired) electrons. The van der Waals surface area contributed by atoms with E-state index >= 15 is 0 Å². The van der Waals surface area contributed by atoms with Crippen molar-refractivity contribution in [2.45, 2.75) is 0 Å². The third-order valence-corrected chi connectivity index (χ3v) is 2.52. The van der Waals surface area contributed by atoms with Crippen LogP contribution < -0.4 is 0 Å². The van der Waals surface area contributed by atoms with Crippen LogP contribution in [0.2, 0.25) is 0 Å². The summed E-state index contributed by atoms with van der Waals surface area (Å²) in [4.78, 5) is 11.3. The molecule has 10 heavy (non-hydrogen) atoms. The molecule has 1 aromatic rings. The Bertz CT molecular complexity index is 248. The standard InChI is InChI=1S/C5H4INO2S/c1-9-5(8)3-2-4(6)7-10-3/h2H,1H3. The molecule has 0 unspecified atom stereocenters. The maximum absolute atomic E-state index is 10.8. The van der Waals surface area contributed by atoms with Gasteiger partial charge in [-0.15, -0.1) is 0 Å². The molecule has 0 N–H and O–H groups in total. The van der Waals surface area contributed by atoms with Crippen molar-refractivity contribution in [3.63, 3.8) is 0 Å². The van der Waals surface area contributed by atoms with E-state index in [4.69, 9.17) is 0 Å². The molecule has 0 saturated carbocycles. The lowest BCUT2D eigenvalue weighted by molar-refractivity contribution is 0.0606. The Morgan fingerprint density at radius 1 is 1.90 bits per heavy atom. The lowest BCUT2D eigenvalue weighted by Gasteiger charge is -1.89. The molecule has 0 bridgehead atoms. The van der Waals surface area contributed by atoms with Crippen molar-refractivity contribution in [3.8, 4) is 0 Å². The van der Waals surface area contributed by atoms with E-state index in [0.29, 0.717) is 4.88 Å². The fourth-order valence-corrected chi connectivity index (χ4v) is 1.83. The van der Waals surface area contributed by atoms with Gasteiger partial charge in [0.05, 0.1) is 7.11 Å². The molecule has 1 heterocycles. The minimum absolute atomic E-state index is 0.319. The Hall–Kier alpha value is -0.170. The number of hydrogen-bond donors (Lipinski definition) is 0. The molecule has 0 fully saturated rings. The average Bonchev–Trinajstić information content (AvgIpc) is 2.34. The number of methoxy groups -OCH3 is 1. The van der Waals surface area contributed by atoms with Crippen molar-refractivity contribution in [2.75, 3.05) is 7.11 Å². The van der Waals surface area contributed by atoms with Crippen LogP contribution in [-0.4, -0.2) is 17.5 Å². The molecule has 54 valence electrons. The Morgan fingerprint density at radius 3 is 3.00 bits per heavy atom. The van der Waals surface area contributed by atoms with Gasteiger partial charge in [0.1, 0.15) is 8.58 Å². The fourth-order valence-electron chi connectivity index (χ4n) is 0.450. The smallest absolute Gasteiger partial charge is 0.349 e. The summed E-state index contributed by atoms with van der Waals surface area (Å²) in [6.45, 7) is 0. The molecule has 0 aliphatic carbocycles. The summed E-state index contributed by atoms with van der Waals surface area (Å²) in [7, 11) is 1.36. The summed E-state index contributed by atoms with van der Waals surface area (Å²) in [6.07, 6.45) is 0. The van der Waals surface area contributed by atoms with Crippen LogP contribution in [0.3, 0.4) is 0 Å². The van der Waals surface area contributed by atoms with E-state index in [-0.39, 0.29) is 5.97 Å².